The molecule has 116 valence electrons. The van der Waals surface area contributed by atoms with Gasteiger partial charge in [0.15, 0.2) is 0 Å². The fraction of sp³-hybridized carbons (Fsp3) is 0.294. The zero-order chi connectivity index (χ0) is 16.3. The summed E-state index contributed by atoms with van der Waals surface area (Å²) in [5.74, 6) is 0. The second kappa shape index (κ2) is 6.48. The van der Waals surface area contributed by atoms with Crippen molar-refractivity contribution in [3.05, 3.63) is 64.4 Å². The Bertz CT molecular complexity index is 636. The Morgan fingerprint density at radius 2 is 1.77 bits per heavy atom. The number of carboxylic acid groups (broad SMARTS) is 1. The number of rotatable bonds is 3. The highest BCUT2D eigenvalue weighted by molar-refractivity contribution is 9.10. The van der Waals surface area contributed by atoms with Gasteiger partial charge in [0.2, 0.25) is 0 Å². The molecule has 1 atom stereocenters. The minimum atomic E-state index is -0.954. The van der Waals surface area contributed by atoms with Crippen molar-refractivity contribution in [1.29, 1.82) is 0 Å². The number of carbonyl (C=O) groups is 1. The zero-order valence-corrected chi connectivity index (χ0v) is 14.4. The summed E-state index contributed by atoms with van der Waals surface area (Å²) in [5.41, 5.74) is 1.22. The maximum absolute atomic E-state index is 11.9. The van der Waals surface area contributed by atoms with E-state index >= 15 is 0 Å². The third kappa shape index (κ3) is 3.65. The molecule has 0 aliphatic rings. The van der Waals surface area contributed by atoms with Gasteiger partial charge >= 0.3 is 6.09 Å². The normalized spacial score (nSPS) is 12.7. The van der Waals surface area contributed by atoms with Crippen LogP contribution in [0.5, 0.6) is 0 Å². The van der Waals surface area contributed by atoms with Crippen molar-refractivity contribution >= 4 is 22.0 Å². The van der Waals surface area contributed by atoms with Crippen LogP contribution in [0.3, 0.4) is 0 Å². The first-order chi connectivity index (χ1) is 10.3. The molecule has 1 N–H and O–H groups in total. The molecule has 1 aromatic heterocycles. The molecule has 5 heteroatoms. The third-order valence-corrected chi connectivity index (χ3v) is 3.84. The number of pyridine rings is 1. The van der Waals surface area contributed by atoms with Crippen molar-refractivity contribution in [2.45, 2.75) is 32.4 Å². The van der Waals surface area contributed by atoms with Crippen LogP contribution in [0.15, 0.2) is 53.3 Å². The summed E-state index contributed by atoms with van der Waals surface area (Å²) in [6.45, 7) is 5.68. The predicted molar refractivity (Wildman–Crippen MR) is 89.8 cm³/mol. The van der Waals surface area contributed by atoms with Crippen molar-refractivity contribution in [1.82, 2.24) is 9.88 Å². The van der Waals surface area contributed by atoms with E-state index in [2.05, 4.69) is 20.9 Å². The van der Waals surface area contributed by atoms with Gasteiger partial charge in [-0.3, -0.25) is 4.90 Å². The molecule has 0 aliphatic heterocycles. The van der Waals surface area contributed by atoms with Crippen molar-refractivity contribution in [3.8, 4) is 0 Å². The number of aromatic nitrogens is 1. The smallest absolute Gasteiger partial charge is 0.408 e. The molecule has 0 fully saturated rings. The predicted octanol–water partition coefficient (Wildman–Crippen LogP) is 4.71. The van der Waals surface area contributed by atoms with E-state index in [0.717, 1.165) is 15.7 Å². The quantitative estimate of drug-likeness (QED) is 0.804. The summed E-state index contributed by atoms with van der Waals surface area (Å²) in [6, 6.07) is 12.9. The average molecular weight is 363 g/mol. The first kappa shape index (κ1) is 16.5. The fourth-order valence-corrected chi connectivity index (χ4v) is 2.69. The number of hydrogen-bond donors (Lipinski definition) is 1. The van der Waals surface area contributed by atoms with Crippen LogP contribution in [0.4, 0.5) is 4.79 Å². The lowest BCUT2D eigenvalue weighted by Gasteiger charge is -2.40. The lowest BCUT2D eigenvalue weighted by atomic mass is 9.94. The van der Waals surface area contributed by atoms with Crippen LogP contribution in [-0.4, -0.2) is 26.6 Å². The van der Waals surface area contributed by atoms with E-state index in [1.807, 2.05) is 63.2 Å². The molecule has 22 heavy (non-hydrogen) atoms. The number of benzene rings is 1. The van der Waals surface area contributed by atoms with Crippen molar-refractivity contribution in [3.63, 3.8) is 0 Å². The molecule has 1 heterocycles. The van der Waals surface area contributed by atoms with Gasteiger partial charge in [-0.05, 0) is 53.9 Å². The highest BCUT2D eigenvalue weighted by Gasteiger charge is 2.35. The topological polar surface area (TPSA) is 53.4 Å². The van der Waals surface area contributed by atoms with E-state index in [9.17, 15) is 9.90 Å². The van der Waals surface area contributed by atoms with Gasteiger partial charge in [0.25, 0.3) is 0 Å². The van der Waals surface area contributed by atoms with Crippen LogP contribution in [0, 0.1) is 0 Å². The maximum Gasteiger partial charge on any atom is 0.408 e. The van der Waals surface area contributed by atoms with Crippen LogP contribution in [0.25, 0.3) is 0 Å². The average Bonchev–Trinajstić information content (AvgIpc) is 2.45. The van der Waals surface area contributed by atoms with E-state index in [1.165, 1.54) is 4.90 Å². The minimum absolute atomic E-state index is 0.403. The summed E-state index contributed by atoms with van der Waals surface area (Å²) >= 11 is 3.32. The van der Waals surface area contributed by atoms with Gasteiger partial charge in [-0.2, -0.15) is 0 Å². The molecule has 2 rings (SSSR count). The SMILES string of the molecule is CC(C)(C)N(C(=O)O)C(c1ccccc1)c1ccc(Br)nc1. The van der Waals surface area contributed by atoms with Crippen molar-refractivity contribution in [2.75, 3.05) is 0 Å². The Hall–Kier alpha value is -1.88. The largest absolute Gasteiger partial charge is 0.465 e. The van der Waals surface area contributed by atoms with Gasteiger partial charge in [-0.1, -0.05) is 36.4 Å². The van der Waals surface area contributed by atoms with Crippen LogP contribution < -0.4 is 0 Å². The second-order valence-corrected chi connectivity index (χ2v) is 6.86. The van der Waals surface area contributed by atoms with E-state index in [1.54, 1.807) is 6.20 Å². The van der Waals surface area contributed by atoms with Gasteiger partial charge < -0.3 is 5.11 Å². The molecule has 1 unspecified atom stereocenters. The molecule has 0 spiro atoms. The maximum atomic E-state index is 11.9. The molecular formula is C17H19BrN2O2. The van der Waals surface area contributed by atoms with Gasteiger partial charge in [-0.25, -0.2) is 9.78 Å². The lowest BCUT2D eigenvalue weighted by molar-refractivity contribution is 0.0809. The molecule has 0 bridgehead atoms. The van der Waals surface area contributed by atoms with E-state index in [0.29, 0.717) is 0 Å². The summed E-state index contributed by atoms with van der Waals surface area (Å²) in [7, 11) is 0. The lowest BCUT2D eigenvalue weighted by Crippen LogP contribution is -2.47. The van der Waals surface area contributed by atoms with Crippen LogP contribution >= 0.6 is 15.9 Å². The molecule has 0 radical (unpaired) electrons. The molecule has 0 saturated heterocycles. The van der Waals surface area contributed by atoms with Crippen molar-refractivity contribution < 1.29 is 9.90 Å². The summed E-state index contributed by atoms with van der Waals surface area (Å²) < 4.78 is 0.723. The fourth-order valence-electron chi connectivity index (χ4n) is 2.46. The highest BCUT2D eigenvalue weighted by atomic mass is 79.9. The first-order valence-corrected chi connectivity index (χ1v) is 7.78. The summed E-state index contributed by atoms with van der Waals surface area (Å²) in [6.07, 6.45) is 0.757. The number of amides is 1. The molecule has 2 aromatic rings. The van der Waals surface area contributed by atoms with Crippen molar-refractivity contribution in [2.24, 2.45) is 0 Å². The Balaban J connectivity index is 2.59. The standard InChI is InChI=1S/C17H19BrN2O2/c1-17(2,3)20(16(21)22)15(12-7-5-4-6-8-12)13-9-10-14(18)19-11-13/h4-11,15H,1-3H3,(H,21,22). The van der Waals surface area contributed by atoms with Gasteiger partial charge in [-0.15, -0.1) is 0 Å². The van der Waals surface area contributed by atoms with Crippen LogP contribution in [0.2, 0.25) is 0 Å². The van der Waals surface area contributed by atoms with E-state index < -0.39 is 17.7 Å². The van der Waals surface area contributed by atoms with Gasteiger partial charge in [0, 0.05) is 11.7 Å². The Morgan fingerprint density at radius 1 is 1.14 bits per heavy atom. The summed E-state index contributed by atoms with van der Waals surface area (Å²) in [5, 5.41) is 9.75. The molecule has 1 amide bonds. The Morgan fingerprint density at radius 3 is 2.23 bits per heavy atom. The number of halogens is 1. The van der Waals surface area contributed by atoms with Crippen LogP contribution in [-0.2, 0) is 0 Å². The van der Waals surface area contributed by atoms with E-state index in [-0.39, 0.29) is 0 Å². The monoisotopic (exact) mass is 362 g/mol. The molecule has 0 aliphatic carbocycles. The molecule has 0 saturated carbocycles. The zero-order valence-electron chi connectivity index (χ0n) is 12.8. The third-order valence-electron chi connectivity index (χ3n) is 3.37. The molecule has 1 aromatic carbocycles. The summed E-state index contributed by atoms with van der Waals surface area (Å²) in [4.78, 5) is 17.6. The number of nitrogens with zero attached hydrogens (tertiary/aromatic N) is 2. The van der Waals surface area contributed by atoms with E-state index in [4.69, 9.17) is 0 Å². The van der Waals surface area contributed by atoms with Gasteiger partial charge in [0.05, 0.1) is 6.04 Å². The first-order valence-electron chi connectivity index (χ1n) is 6.99. The minimum Gasteiger partial charge on any atom is -0.465 e. The molecular weight excluding hydrogens is 344 g/mol. The van der Waals surface area contributed by atoms with Gasteiger partial charge in [0.1, 0.15) is 4.60 Å². The van der Waals surface area contributed by atoms with Crippen LogP contribution in [0.1, 0.15) is 37.9 Å². The highest BCUT2D eigenvalue weighted by Crippen LogP contribution is 2.34. The Labute approximate surface area is 138 Å². The Kier molecular flexibility index (Phi) is 4.86. The second-order valence-electron chi connectivity index (χ2n) is 6.05. The number of hydrogen-bond acceptors (Lipinski definition) is 2. The molecule has 4 nitrogen and oxygen atoms in total.